The minimum Gasteiger partial charge on any atom is -0.480 e. The molecular formula is C13H19NO2. The number of nitrogens with zero attached hydrogens (tertiary/aromatic N) is 1. The van der Waals surface area contributed by atoms with Gasteiger partial charge in [-0.05, 0) is 38.1 Å². The quantitative estimate of drug-likeness (QED) is 0.824. The standard InChI is InChI=1S/C13H19NO2/c1-4-10-7-5-6-8-11(10)9-12(13(15)16)14(2)3/h5-8,12H,4,9H2,1-3H3,(H,15,16). The zero-order chi connectivity index (χ0) is 12.1. The second-order valence-electron chi connectivity index (χ2n) is 4.14. The molecule has 1 N–H and O–H groups in total. The highest BCUT2D eigenvalue weighted by Gasteiger charge is 2.20. The van der Waals surface area contributed by atoms with Gasteiger partial charge in [-0.2, -0.15) is 0 Å². The number of carbonyl (C=O) groups is 1. The maximum absolute atomic E-state index is 11.1. The molecule has 0 bridgehead atoms. The molecule has 0 aliphatic heterocycles. The number of aliphatic carboxylic acids is 1. The molecule has 3 heteroatoms. The minimum absolute atomic E-state index is 0.451. The summed E-state index contributed by atoms with van der Waals surface area (Å²) in [6.45, 7) is 2.09. The molecule has 0 aliphatic carbocycles. The van der Waals surface area contributed by atoms with Crippen molar-refractivity contribution in [1.29, 1.82) is 0 Å². The highest BCUT2D eigenvalue weighted by atomic mass is 16.4. The molecule has 1 aromatic carbocycles. The van der Waals surface area contributed by atoms with Gasteiger partial charge in [-0.15, -0.1) is 0 Å². The van der Waals surface area contributed by atoms with Crippen LogP contribution < -0.4 is 0 Å². The normalized spacial score (nSPS) is 12.8. The number of aryl methyl sites for hydroxylation is 1. The third kappa shape index (κ3) is 3.07. The average Bonchev–Trinajstić information content (AvgIpc) is 2.25. The highest BCUT2D eigenvalue weighted by Crippen LogP contribution is 2.13. The van der Waals surface area contributed by atoms with Crippen LogP contribution in [0.5, 0.6) is 0 Å². The molecule has 88 valence electrons. The van der Waals surface area contributed by atoms with Crippen LogP contribution in [0.1, 0.15) is 18.1 Å². The van der Waals surface area contributed by atoms with Gasteiger partial charge in [0.1, 0.15) is 6.04 Å². The van der Waals surface area contributed by atoms with Crippen LogP contribution in [-0.4, -0.2) is 36.1 Å². The van der Waals surface area contributed by atoms with Crippen molar-refractivity contribution in [2.45, 2.75) is 25.8 Å². The van der Waals surface area contributed by atoms with E-state index in [1.54, 1.807) is 19.0 Å². The van der Waals surface area contributed by atoms with E-state index in [9.17, 15) is 4.79 Å². The number of hydrogen-bond acceptors (Lipinski definition) is 2. The molecule has 0 aliphatic rings. The molecule has 0 amide bonds. The summed E-state index contributed by atoms with van der Waals surface area (Å²) in [5.41, 5.74) is 2.36. The largest absolute Gasteiger partial charge is 0.480 e. The summed E-state index contributed by atoms with van der Waals surface area (Å²) in [5.74, 6) is -0.768. The van der Waals surface area contributed by atoms with Crippen LogP contribution >= 0.6 is 0 Å². The van der Waals surface area contributed by atoms with Crippen LogP contribution in [0, 0.1) is 0 Å². The lowest BCUT2D eigenvalue weighted by molar-refractivity contribution is -0.142. The molecule has 1 rings (SSSR count). The molecule has 0 saturated heterocycles. The zero-order valence-electron chi connectivity index (χ0n) is 10.1. The predicted molar refractivity (Wildman–Crippen MR) is 64.6 cm³/mol. The van der Waals surface area contributed by atoms with Gasteiger partial charge in [0.25, 0.3) is 0 Å². The summed E-state index contributed by atoms with van der Waals surface area (Å²) in [7, 11) is 3.60. The first-order valence-corrected chi connectivity index (χ1v) is 5.52. The van der Waals surface area contributed by atoms with Gasteiger partial charge in [0, 0.05) is 0 Å². The van der Waals surface area contributed by atoms with Gasteiger partial charge in [-0.1, -0.05) is 31.2 Å². The Bertz CT molecular complexity index is 361. The third-order valence-electron chi connectivity index (χ3n) is 2.82. The van der Waals surface area contributed by atoms with Crippen LogP contribution in [0.25, 0.3) is 0 Å². The van der Waals surface area contributed by atoms with Crippen molar-refractivity contribution in [2.24, 2.45) is 0 Å². The SMILES string of the molecule is CCc1ccccc1CC(C(=O)O)N(C)C. The highest BCUT2D eigenvalue weighted by molar-refractivity contribution is 5.73. The van der Waals surface area contributed by atoms with Crippen molar-refractivity contribution < 1.29 is 9.90 Å². The van der Waals surface area contributed by atoms with E-state index >= 15 is 0 Å². The number of carboxylic acids is 1. The van der Waals surface area contributed by atoms with Gasteiger partial charge in [-0.25, -0.2) is 0 Å². The molecule has 0 radical (unpaired) electrons. The Morgan fingerprint density at radius 1 is 1.31 bits per heavy atom. The van der Waals surface area contributed by atoms with E-state index in [0.29, 0.717) is 6.42 Å². The van der Waals surface area contributed by atoms with Crippen molar-refractivity contribution in [3.8, 4) is 0 Å². The Hall–Kier alpha value is -1.35. The van der Waals surface area contributed by atoms with Crippen LogP contribution in [0.3, 0.4) is 0 Å². The summed E-state index contributed by atoms with van der Waals surface area (Å²) in [5, 5.41) is 9.13. The number of benzene rings is 1. The fraction of sp³-hybridized carbons (Fsp3) is 0.462. The Morgan fingerprint density at radius 3 is 2.31 bits per heavy atom. The maximum Gasteiger partial charge on any atom is 0.321 e. The lowest BCUT2D eigenvalue weighted by Gasteiger charge is -2.21. The molecule has 1 atom stereocenters. The molecule has 0 aromatic heterocycles. The summed E-state index contributed by atoms with van der Waals surface area (Å²) in [6, 6.07) is 7.58. The first-order chi connectivity index (χ1) is 7.56. The van der Waals surface area contributed by atoms with E-state index in [-0.39, 0.29) is 0 Å². The van der Waals surface area contributed by atoms with Crippen molar-refractivity contribution in [2.75, 3.05) is 14.1 Å². The number of likely N-dealkylation sites (N-methyl/N-ethyl adjacent to an activating group) is 1. The third-order valence-corrected chi connectivity index (χ3v) is 2.82. The summed E-state index contributed by atoms with van der Waals surface area (Å²) in [4.78, 5) is 12.8. The fourth-order valence-corrected chi connectivity index (χ4v) is 1.80. The van der Waals surface area contributed by atoms with Crippen molar-refractivity contribution in [3.05, 3.63) is 35.4 Å². The van der Waals surface area contributed by atoms with Crippen molar-refractivity contribution in [1.82, 2.24) is 4.90 Å². The molecule has 0 heterocycles. The van der Waals surface area contributed by atoms with Crippen LogP contribution in [-0.2, 0) is 17.6 Å². The van der Waals surface area contributed by atoms with Gasteiger partial charge in [0.05, 0.1) is 0 Å². The van der Waals surface area contributed by atoms with E-state index in [2.05, 4.69) is 13.0 Å². The Morgan fingerprint density at radius 2 is 1.88 bits per heavy atom. The molecule has 0 fully saturated rings. The second kappa shape index (κ2) is 5.66. The first-order valence-electron chi connectivity index (χ1n) is 5.52. The van der Waals surface area contributed by atoms with Gasteiger partial charge >= 0.3 is 5.97 Å². The van der Waals surface area contributed by atoms with Gasteiger partial charge in [0.2, 0.25) is 0 Å². The Balaban J connectivity index is 2.89. The molecule has 0 saturated carbocycles. The summed E-state index contributed by atoms with van der Waals surface area (Å²) < 4.78 is 0. The first kappa shape index (κ1) is 12.7. The van der Waals surface area contributed by atoms with Crippen LogP contribution in [0.2, 0.25) is 0 Å². The molecular weight excluding hydrogens is 202 g/mol. The van der Waals surface area contributed by atoms with Crippen molar-refractivity contribution in [3.63, 3.8) is 0 Å². The van der Waals surface area contributed by atoms with Gasteiger partial charge in [0.15, 0.2) is 0 Å². The fourth-order valence-electron chi connectivity index (χ4n) is 1.80. The monoisotopic (exact) mass is 221 g/mol. The van der Waals surface area contributed by atoms with E-state index in [4.69, 9.17) is 5.11 Å². The number of rotatable bonds is 5. The summed E-state index contributed by atoms with van der Waals surface area (Å²) in [6.07, 6.45) is 1.50. The molecule has 0 spiro atoms. The molecule has 16 heavy (non-hydrogen) atoms. The molecule has 3 nitrogen and oxygen atoms in total. The van der Waals surface area contributed by atoms with Crippen LogP contribution in [0.15, 0.2) is 24.3 Å². The predicted octanol–water partition coefficient (Wildman–Crippen LogP) is 1.81. The van der Waals surface area contributed by atoms with Gasteiger partial charge in [-0.3, -0.25) is 9.69 Å². The second-order valence-corrected chi connectivity index (χ2v) is 4.14. The molecule has 1 aromatic rings. The summed E-state index contributed by atoms with van der Waals surface area (Å²) >= 11 is 0. The van der Waals surface area contributed by atoms with E-state index in [1.807, 2.05) is 18.2 Å². The number of carboxylic acid groups (broad SMARTS) is 1. The van der Waals surface area contributed by atoms with Gasteiger partial charge < -0.3 is 5.11 Å². The topological polar surface area (TPSA) is 40.5 Å². The van der Waals surface area contributed by atoms with Crippen LogP contribution in [0.4, 0.5) is 0 Å². The van der Waals surface area contributed by atoms with E-state index in [0.717, 1.165) is 12.0 Å². The maximum atomic E-state index is 11.1. The lowest BCUT2D eigenvalue weighted by Crippen LogP contribution is -2.37. The Labute approximate surface area is 96.7 Å². The lowest BCUT2D eigenvalue weighted by atomic mass is 9.98. The average molecular weight is 221 g/mol. The zero-order valence-corrected chi connectivity index (χ0v) is 10.1. The number of hydrogen-bond donors (Lipinski definition) is 1. The molecule has 1 unspecified atom stereocenters. The van der Waals surface area contributed by atoms with E-state index in [1.165, 1.54) is 5.56 Å². The minimum atomic E-state index is -0.768. The Kier molecular flexibility index (Phi) is 4.50. The van der Waals surface area contributed by atoms with Crippen molar-refractivity contribution >= 4 is 5.97 Å². The smallest absolute Gasteiger partial charge is 0.321 e. The van der Waals surface area contributed by atoms with E-state index < -0.39 is 12.0 Å².